The fourth-order valence-corrected chi connectivity index (χ4v) is 3.40. The summed E-state index contributed by atoms with van der Waals surface area (Å²) in [5, 5.41) is 0. The van der Waals surface area contributed by atoms with E-state index in [1.54, 1.807) is 6.92 Å². The van der Waals surface area contributed by atoms with Crippen LogP contribution in [0.15, 0.2) is 0 Å². The van der Waals surface area contributed by atoms with E-state index in [0.29, 0.717) is 19.4 Å². The maximum atomic E-state index is 12.4. The SMILES string of the molecule is CCOC(=O)C1(C(=O)C2CC2)CC(CC)(CC)C1. The van der Waals surface area contributed by atoms with Crippen molar-refractivity contribution in [2.75, 3.05) is 6.61 Å². The van der Waals surface area contributed by atoms with Crippen molar-refractivity contribution in [3.63, 3.8) is 0 Å². The molecule has 0 aromatic heterocycles. The number of carbonyl (C=O) groups excluding carboxylic acids is 2. The summed E-state index contributed by atoms with van der Waals surface area (Å²) in [6, 6.07) is 0. The minimum Gasteiger partial charge on any atom is -0.465 e. The summed E-state index contributed by atoms with van der Waals surface area (Å²) in [6.45, 7) is 6.48. The van der Waals surface area contributed by atoms with Crippen molar-refractivity contribution in [2.45, 2.75) is 59.3 Å². The zero-order chi connectivity index (χ0) is 13.4. The van der Waals surface area contributed by atoms with Crippen molar-refractivity contribution < 1.29 is 14.3 Å². The van der Waals surface area contributed by atoms with Gasteiger partial charge in [0, 0.05) is 5.92 Å². The maximum Gasteiger partial charge on any atom is 0.319 e. The van der Waals surface area contributed by atoms with Gasteiger partial charge in [0.15, 0.2) is 5.78 Å². The average Bonchev–Trinajstić information content (AvgIpc) is 3.13. The molecule has 2 saturated carbocycles. The van der Waals surface area contributed by atoms with Crippen LogP contribution in [0.1, 0.15) is 59.3 Å². The Morgan fingerprint density at radius 1 is 1.11 bits per heavy atom. The summed E-state index contributed by atoms with van der Waals surface area (Å²) in [5.41, 5.74) is -0.597. The van der Waals surface area contributed by atoms with Crippen LogP contribution in [0.4, 0.5) is 0 Å². The average molecular weight is 252 g/mol. The molecule has 0 N–H and O–H groups in total. The molecule has 2 fully saturated rings. The van der Waals surface area contributed by atoms with Gasteiger partial charge in [0.2, 0.25) is 0 Å². The van der Waals surface area contributed by atoms with E-state index in [9.17, 15) is 9.59 Å². The second kappa shape index (κ2) is 4.67. The number of hydrogen-bond acceptors (Lipinski definition) is 3. The Kier molecular flexibility index (Phi) is 3.52. The molecule has 3 nitrogen and oxygen atoms in total. The first kappa shape index (κ1) is 13.6. The molecule has 0 spiro atoms. The molecule has 2 rings (SSSR count). The molecule has 0 heterocycles. The van der Waals surface area contributed by atoms with Crippen molar-refractivity contribution in [3.8, 4) is 0 Å². The second-order valence-electron chi connectivity index (χ2n) is 6.00. The van der Waals surface area contributed by atoms with E-state index in [4.69, 9.17) is 4.74 Å². The monoisotopic (exact) mass is 252 g/mol. The molecule has 0 atom stereocenters. The van der Waals surface area contributed by atoms with Crippen LogP contribution in [0, 0.1) is 16.7 Å². The predicted molar refractivity (Wildman–Crippen MR) is 69.0 cm³/mol. The first-order valence-corrected chi connectivity index (χ1v) is 7.25. The summed E-state index contributed by atoms with van der Waals surface area (Å²) >= 11 is 0. The second-order valence-corrected chi connectivity index (χ2v) is 6.00. The molecule has 0 amide bonds. The van der Waals surface area contributed by atoms with Gasteiger partial charge in [-0.05, 0) is 38.0 Å². The van der Waals surface area contributed by atoms with Gasteiger partial charge in [-0.15, -0.1) is 0 Å². The number of ketones is 1. The lowest BCUT2D eigenvalue weighted by Crippen LogP contribution is -2.56. The third-order valence-corrected chi connectivity index (χ3v) is 4.94. The molecule has 0 aromatic carbocycles. The Morgan fingerprint density at radius 2 is 1.67 bits per heavy atom. The van der Waals surface area contributed by atoms with Crippen LogP contribution >= 0.6 is 0 Å². The number of rotatable bonds is 6. The number of carbonyl (C=O) groups is 2. The number of hydrogen-bond donors (Lipinski definition) is 0. The van der Waals surface area contributed by atoms with Crippen LogP contribution in [-0.2, 0) is 14.3 Å². The molecule has 3 heteroatoms. The maximum absolute atomic E-state index is 12.4. The zero-order valence-electron chi connectivity index (χ0n) is 11.8. The van der Waals surface area contributed by atoms with Crippen molar-refractivity contribution in [3.05, 3.63) is 0 Å². The molecular formula is C15H24O3. The largest absolute Gasteiger partial charge is 0.465 e. The third kappa shape index (κ3) is 1.98. The minimum atomic E-state index is -0.788. The first-order valence-electron chi connectivity index (χ1n) is 7.25. The first-order chi connectivity index (χ1) is 8.53. The molecule has 2 aliphatic rings. The highest BCUT2D eigenvalue weighted by Gasteiger charge is 2.64. The Morgan fingerprint density at radius 3 is 2.06 bits per heavy atom. The summed E-state index contributed by atoms with van der Waals surface area (Å²) in [5.74, 6) is 0.0408. The van der Waals surface area contributed by atoms with E-state index in [-0.39, 0.29) is 23.1 Å². The van der Waals surface area contributed by atoms with E-state index >= 15 is 0 Å². The summed E-state index contributed by atoms with van der Waals surface area (Å²) < 4.78 is 5.17. The van der Waals surface area contributed by atoms with Crippen LogP contribution in [0.5, 0.6) is 0 Å². The minimum absolute atomic E-state index is 0.140. The van der Waals surface area contributed by atoms with E-state index < -0.39 is 5.41 Å². The third-order valence-electron chi connectivity index (χ3n) is 4.94. The summed E-state index contributed by atoms with van der Waals surface area (Å²) in [6.07, 6.45) is 5.43. The topological polar surface area (TPSA) is 43.4 Å². The van der Waals surface area contributed by atoms with Crippen molar-refractivity contribution >= 4 is 11.8 Å². The highest BCUT2D eigenvalue weighted by Crippen LogP contribution is 2.61. The Labute approximate surface area is 109 Å². The molecule has 18 heavy (non-hydrogen) atoms. The molecule has 0 radical (unpaired) electrons. The van der Waals surface area contributed by atoms with Gasteiger partial charge in [-0.3, -0.25) is 9.59 Å². The van der Waals surface area contributed by atoms with Crippen LogP contribution in [0.25, 0.3) is 0 Å². The van der Waals surface area contributed by atoms with Gasteiger partial charge in [0.25, 0.3) is 0 Å². The van der Waals surface area contributed by atoms with E-state index in [2.05, 4.69) is 13.8 Å². The van der Waals surface area contributed by atoms with Crippen molar-refractivity contribution in [1.82, 2.24) is 0 Å². The molecule has 0 unspecified atom stereocenters. The molecule has 0 aromatic rings. The van der Waals surface area contributed by atoms with Crippen LogP contribution in [0.2, 0.25) is 0 Å². The summed E-state index contributed by atoms with van der Waals surface area (Å²) in [7, 11) is 0. The standard InChI is InChI=1S/C15H24O3/c1-4-14(5-2)9-15(10-14,13(17)18-6-3)12(16)11-7-8-11/h11H,4-10H2,1-3H3. The molecule has 0 saturated heterocycles. The molecule has 2 aliphatic carbocycles. The van der Waals surface area contributed by atoms with E-state index in [0.717, 1.165) is 25.7 Å². The predicted octanol–water partition coefficient (Wildman–Crippen LogP) is 3.12. The number of esters is 1. The number of Topliss-reactive ketones (excluding diaryl/α,β-unsaturated/α-hetero) is 1. The van der Waals surface area contributed by atoms with Crippen LogP contribution in [0.3, 0.4) is 0 Å². The summed E-state index contributed by atoms with van der Waals surface area (Å²) in [4.78, 5) is 24.6. The van der Waals surface area contributed by atoms with Gasteiger partial charge in [-0.2, -0.15) is 0 Å². The van der Waals surface area contributed by atoms with Crippen LogP contribution < -0.4 is 0 Å². The van der Waals surface area contributed by atoms with Gasteiger partial charge in [0.1, 0.15) is 5.41 Å². The van der Waals surface area contributed by atoms with E-state index in [1.165, 1.54) is 0 Å². The smallest absolute Gasteiger partial charge is 0.319 e. The Bertz CT molecular complexity index is 343. The van der Waals surface area contributed by atoms with Gasteiger partial charge >= 0.3 is 5.97 Å². The van der Waals surface area contributed by atoms with E-state index in [1.807, 2.05) is 0 Å². The highest BCUT2D eigenvalue weighted by molar-refractivity contribution is 6.07. The normalized spacial score (nSPS) is 24.2. The quantitative estimate of drug-likeness (QED) is 0.539. The zero-order valence-corrected chi connectivity index (χ0v) is 11.8. The lowest BCUT2D eigenvalue weighted by molar-refractivity contribution is -0.179. The molecule has 0 aliphatic heterocycles. The molecular weight excluding hydrogens is 228 g/mol. The Balaban J connectivity index is 2.16. The van der Waals surface area contributed by atoms with Crippen LogP contribution in [-0.4, -0.2) is 18.4 Å². The number of ether oxygens (including phenoxy) is 1. The Hall–Kier alpha value is -0.860. The molecule has 0 bridgehead atoms. The van der Waals surface area contributed by atoms with Crippen molar-refractivity contribution in [1.29, 1.82) is 0 Å². The molecule has 102 valence electrons. The van der Waals surface area contributed by atoms with Crippen molar-refractivity contribution in [2.24, 2.45) is 16.7 Å². The van der Waals surface area contributed by atoms with Gasteiger partial charge < -0.3 is 4.74 Å². The van der Waals surface area contributed by atoms with Gasteiger partial charge in [0.05, 0.1) is 6.61 Å². The fraction of sp³-hybridized carbons (Fsp3) is 0.867. The lowest BCUT2D eigenvalue weighted by atomic mass is 9.48. The van der Waals surface area contributed by atoms with Gasteiger partial charge in [-0.25, -0.2) is 0 Å². The van der Waals surface area contributed by atoms with Gasteiger partial charge in [-0.1, -0.05) is 26.7 Å². The highest BCUT2D eigenvalue weighted by atomic mass is 16.5. The fourth-order valence-electron chi connectivity index (χ4n) is 3.40. The lowest BCUT2D eigenvalue weighted by Gasteiger charge is -2.53.